The van der Waals surface area contributed by atoms with Gasteiger partial charge in [-0.25, -0.2) is 4.98 Å². The van der Waals surface area contributed by atoms with Gasteiger partial charge in [-0.3, -0.25) is 4.90 Å². The van der Waals surface area contributed by atoms with Crippen LogP contribution in [0.2, 0.25) is 5.28 Å². The number of ether oxygens (including phenoxy) is 1. The number of anilines is 1. The Labute approximate surface area is 153 Å². The minimum Gasteiger partial charge on any atom is -0.378 e. The van der Waals surface area contributed by atoms with Crippen molar-refractivity contribution >= 4 is 28.3 Å². The van der Waals surface area contributed by atoms with Crippen LogP contribution in [0.3, 0.4) is 0 Å². The van der Waals surface area contributed by atoms with Crippen LogP contribution in [0.5, 0.6) is 0 Å². The number of rotatable bonds is 3. The highest BCUT2D eigenvalue weighted by molar-refractivity contribution is 6.28. The summed E-state index contributed by atoms with van der Waals surface area (Å²) in [6, 6.07) is 6.46. The van der Waals surface area contributed by atoms with Crippen LogP contribution in [0.1, 0.15) is 5.56 Å². The summed E-state index contributed by atoms with van der Waals surface area (Å²) in [6.07, 6.45) is 0. The number of fused-ring (bicyclic) bond motifs is 1. The summed E-state index contributed by atoms with van der Waals surface area (Å²) >= 11 is 6.16. The summed E-state index contributed by atoms with van der Waals surface area (Å²) < 4.78 is 5.47. The Morgan fingerprint density at radius 1 is 1.04 bits per heavy atom. The zero-order chi connectivity index (χ0) is 17.2. The lowest BCUT2D eigenvalue weighted by atomic mass is 10.1. The fourth-order valence-electron chi connectivity index (χ4n) is 3.51. The molecule has 3 heterocycles. The minimum absolute atomic E-state index is 0.306. The minimum atomic E-state index is 0.306. The molecule has 0 bridgehead atoms. The first-order valence-corrected chi connectivity index (χ1v) is 9.26. The third kappa shape index (κ3) is 3.87. The largest absolute Gasteiger partial charge is 0.378 e. The number of benzene rings is 1. The number of likely N-dealkylation sites (N-methyl/N-ethyl adjacent to an activating group) is 1. The summed E-state index contributed by atoms with van der Waals surface area (Å²) in [7, 11) is 2.18. The summed E-state index contributed by atoms with van der Waals surface area (Å²) in [5, 5.41) is 1.39. The second-order valence-corrected chi connectivity index (χ2v) is 7.18. The standard InChI is InChI=1S/C18H24ClN5O/c1-22-4-6-23(7-5-22)13-14-2-3-16-15(12-14)17(21-18(19)20-16)24-8-10-25-11-9-24/h2-3,12H,4-11,13H2,1H3. The molecule has 2 saturated heterocycles. The molecule has 0 amide bonds. The Morgan fingerprint density at radius 2 is 1.80 bits per heavy atom. The van der Waals surface area contributed by atoms with E-state index in [0.29, 0.717) is 5.28 Å². The maximum atomic E-state index is 6.16. The highest BCUT2D eigenvalue weighted by Gasteiger charge is 2.18. The van der Waals surface area contributed by atoms with E-state index in [4.69, 9.17) is 16.3 Å². The molecule has 1 aromatic heterocycles. The van der Waals surface area contributed by atoms with E-state index in [0.717, 1.165) is 75.7 Å². The van der Waals surface area contributed by atoms with Crippen LogP contribution in [-0.4, -0.2) is 79.3 Å². The molecule has 6 nitrogen and oxygen atoms in total. The van der Waals surface area contributed by atoms with Gasteiger partial charge in [0.2, 0.25) is 5.28 Å². The second kappa shape index (κ2) is 7.41. The Balaban J connectivity index is 1.63. The van der Waals surface area contributed by atoms with Gasteiger partial charge >= 0.3 is 0 Å². The highest BCUT2D eigenvalue weighted by Crippen LogP contribution is 2.27. The van der Waals surface area contributed by atoms with Gasteiger partial charge < -0.3 is 14.5 Å². The number of aromatic nitrogens is 2. The number of piperazine rings is 1. The molecule has 2 aliphatic rings. The van der Waals surface area contributed by atoms with Crippen molar-refractivity contribution in [3.05, 3.63) is 29.0 Å². The van der Waals surface area contributed by atoms with E-state index in [1.807, 2.05) is 0 Å². The molecule has 2 aliphatic heterocycles. The second-order valence-electron chi connectivity index (χ2n) is 6.85. The first kappa shape index (κ1) is 17.0. The molecule has 0 spiro atoms. The van der Waals surface area contributed by atoms with Gasteiger partial charge in [0.1, 0.15) is 5.82 Å². The monoisotopic (exact) mass is 361 g/mol. The van der Waals surface area contributed by atoms with E-state index >= 15 is 0 Å². The normalized spacial score (nSPS) is 20.3. The topological polar surface area (TPSA) is 44.7 Å². The van der Waals surface area contributed by atoms with E-state index in [9.17, 15) is 0 Å². The fourth-order valence-corrected chi connectivity index (χ4v) is 3.68. The van der Waals surface area contributed by atoms with E-state index < -0.39 is 0 Å². The van der Waals surface area contributed by atoms with Crippen molar-refractivity contribution in [3.8, 4) is 0 Å². The molecule has 134 valence electrons. The third-order valence-electron chi connectivity index (χ3n) is 5.03. The van der Waals surface area contributed by atoms with Gasteiger partial charge in [0, 0.05) is 51.2 Å². The molecule has 0 radical (unpaired) electrons. The molecule has 7 heteroatoms. The van der Waals surface area contributed by atoms with Crippen molar-refractivity contribution in [2.45, 2.75) is 6.54 Å². The molecule has 0 N–H and O–H groups in total. The number of hydrogen-bond acceptors (Lipinski definition) is 6. The lowest BCUT2D eigenvalue weighted by molar-refractivity contribution is 0.122. The van der Waals surface area contributed by atoms with Crippen molar-refractivity contribution in [2.75, 3.05) is 64.4 Å². The van der Waals surface area contributed by atoms with Gasteiger partial charge in [-0.1, -0.05) is 6.07 Å². The van der Waals surface area contributed by atoms with Crippen LogP contribution in [0.15, 0.2) is 18.2 Å². The maximum Gasteiger partial charge on any atom is 0.224 e. The first-order chi connectivity index (χ1) is 12.2. The number of morpholine rings is 1. The number of hydrogen-bond donors (Lipinski definition) is 0. The smallest absolute Gasteiger partial charge is 0.224 e. The first-order valence-electron chi connectivity index (χ1n) is 8.89. The molecule has 2 aromatic rings. The number of halogens is 1. The average Bonchev–Trinajstić information content (AvgIpc) is 2.64. The van der Waals surface area contributed by atoms with E-state index in [1.165, 1.54) is 5.56 Å². The molecule has 0 aliphatic carbocycles. The van der Waals surface area contributed by atoms with Crippen LogP contribution in [-0.2, 0) is 11.3 Å². The zero-order valence-electron chi connectivity index (χ0n) is 14.6. The van der Waals surface area contributed by atoms with Crippen molar-refractivity contribution < 1.29 is 4.74 Å². The summed E-state index contributed by atoms with van der Waals surface area (Å²) in [6.45, 7) is 8.58. The molecule has 1 aromatic carbocycles. The van der Waals surface area contributed by atoms with Crippen LogP contribution >= 0.6 is 11.6 Å². The number of nitrogens with zero attached hydrogens (tertiary/aromatic N) is 5. The van der Waals surface area contributed by atoms with Crippen LogP contribution in [0.25, 0.3) is 10.9 Å². The van der Waals surface area contributed by atoms with Crippen molar-refractivity contribution in [3.63, 3.8) is 0 Å². The fraction of sp³-hybridized carbons (Fsp3) is 0.556. The van der Waals surface area contributed by atoms with Crippen LogP contribution in [0.4, 0.5) is 5.82 Å². The molecular weight excluding hydrogens is 338 g/mol. The predicted octanol–water partition coefficient (Wildman–Crippen LogP) is 1.87. The Bertz CT molecular complexity index is 742. The van der Waals surface area contributed by atoms with Gasteiger partial charge in [-0.05, 0) is 36.3 Å². The average molecular weight is 362 g/mol. The van der Waals surface area contributed by atoms with Gasteiger partial charge in [-0.15, -0.1) is 0 Å². The van der Waals surface area contributed by atoms with Gasteiger partial charge in [0.05, 0.1) is 18.7 Å². The van der Waals surface area contributed by atoms with Gasteiger partial charge in [0.15, 0.2) is 0 Å². The zero-order valence-corrected chi connectivity index (χ0v) is 15.4. The Hall–Kier alpha value is -1.47. The predicted molar refractivity (Wildman–Crippen MR) is 100 cm³/mol. The van der Waals surface area contributed by atoms with Gasteiger partial charge in [-0.2, -0.15) is 4.98 Å². The Morgan fingerprint density at radius 3 is 2.56 bits per heavy atom. The lowest BCUT2D eigenvalue weighted by Crippen LogP contribution is -2.43. The lowest BCUT2D eigenvalue weighted by Gasteiger charge is -2.32. The maximum absolute atomic E-state index is 6.16. The van der Waals surface area contributed by atoms with Crippen LogP contribution in [0, 0.1) is 0 Å². The SMILES string of the molecule is CN1CCN(Cc2ccc3nc(Cl)nc(N4CCOCC4)c3c2)CC1. The van der Waals surface area contributed by atoms with Gasteiger partial charge in [0.25, 0.3) is 0 Å². The van der Waals surface area contributed by atoms with Crippen molar-refractivity contribution in [1.29, 1.82) is 0 Å². The van der Waals surface area contributed by atoms with Crippen molar-refractivity contribution in [1.82, 2.24) is 19.8 Å². The van der Waals surface area contributed by atoms with Crippen LogP contribution < -0.4 is 4.90 Å². The molecule has 0 saturated carbocycles. The molecule has 0 atom stereocenters. The van der Waals surface area contributed by atoms with E-state index in [-0.39, 0.29) is 0 Å². The quantitative estimate of drug-likeness (QED) is 0.778. The molecule has 0 unspecified atom stereocenters. The van der Waals surface area contributed by atoms with E-state index in [2.05, 4.69) is 49.9 Å². The highest BCUT2D eigenvalue weighted by atomic mass is 35.5. The third-order valence-corrected chi connectivity index (χ3v) is 5.19. The molecule has 4 rings (SSSR count). The van der Waals surface area contributed by atoms with E-state index in [1.54, 1.807) is 0 Å². The van der Waals surface area contributed by atoms with Crippen molar-refractivity contribution in [2.24, 2.45) is 0 Å². The molecule has 2 fully saturated rings. The summed E-state index contributed by atoms with van der Waals surface area (Å²) in [5.74, 6) is 0.929. The summed E-state index contributed by atoms with van der Waals surface area (Å²) in [4.78, 5) is 16.1. The molecule has 25 heavy (non-hydrogen) atoms. The summed E-state index contributed by atoms with van der Waals surface area (Å²) in [5.41, 5.74) is 2.21. The molecular formula is C18H24ClN5O. The Kier molecular flexibility index (Phi) is 5.03.